The van der Waals surface area contributed by atoms with Crippen molar-refractivity contribution >= 4 is 23.4 Å². The first kappa shape index (κ1) is 14.4. The van der Waals surface area contributed by atoms with E-state index >= 15 is 0 Å². The van der Waals surface area contributed by atoms with Gasteiger partial charge in [0, 0.05) is 6.42 Å². The molecule has 0 saturated heterocycles. The molecule has 1 N–H and O–H groups in total. The molecule has 1 amide bonds. The summed E-state index contributed by atoms with van der Waals surface area (Å²) in [5.74, 6) is 1.23. The lowest BCUT2D eigenvalue weighted by molar-refractivity contribution is -0.113. The molecule has 0 aliphatic carbocycles. The summed E-state index contributed by atoms with van der Waals surface area (Å²) in [6.07, 6.45) is 0.682. The van der Waals surface area contributed by atoms with E-state index in [9.17, 15) is 4.79 Å². The average Bonchev–Trinajstić information content (AvgIpc) is 2.94. The number of thioether (sulfide) groups is 1. The van der Waals surface area contributed by atoms with E-state index in [0.29, 0.717) is 29.0 Å². The Hall–Kier alpha value is -2.02. The second kappa shape index (κ2) is 6.95. The molecule has 0 radical (unpaired) electrons. The molecule has 0 unspecified atom stereocenters. The van der Waals surface area contributed by atoms with Crippen LogP contribution in [-0.4, -0.2) is 29.0 Å². The highest BCUT2D eigenvalue weighted by atomic mass is 32.2. The van der Waals surface area contributed by atoms with E-state index in [4.69, 9.17) is 9.15 Å². The number of hydrogen-bond donors (Lipinski definition) is 1. The Kier molecular flexibility index (Phi) is 5.00. The zero-order valence-corrected chi connectivity index (χ0v) is 12.1. The molecule has 1 aromatic heterocycles. The van der Waals surface area contributed by atoms with Gasteiger partial charge in [-0.1, -0.05) is 30.8 Å². The van der Waals surface area contributed by atoms with Gasteiger partial charge in [-0.05, 0) is 12.1 Å². The lowest BCUT2D eigenvalue weighted by Gasteiger charge is -2.08. The van der Waals surface area contributed by atoms with Gasteiger partial charge in [-0.2, -0.15) is 0 Å². The molecule has 0 spiro atoms. The van der Waals surface area contributed by atoms with Crippen molar-refractivity contribution < 1.29 is 13.9 Å². The minimum absolute atomic E-state index is 0.157. The van der Waals surface area contributed by atoms with Crippen LogP contribution in [0.5, 0.6) is 5.75 Å². The number of aromatic nitrogens is 2. The molecule has 7 heteroatoms. The molecule has 106 valence electrons. The molecule has 20 heavy (non-hydrogen) atoms. The van der Waals surface area contributed by atoms with Crippen molar-refractivity contribution in [3.8, 4) is 5.75 Å². The van der Waals surface area contributed by atoms with Gasteiger partial charge in [0.1, 0.15) is 5.75 Å². The molecule has 0 atom stereocenters. The quantitative estimate of drug-likeness (QED) is 0.824. The number of ether oxygens (including phenoxy) is 1. The van der Waals surface area contributed by atoms with Gasteiger partial charge in [0.25, 0.3) is 5.22 Å². The average molecular weight is 293 g/mol. The number of nitrogens with zero attached hydrogens (tertiary/aromatic N) is 2. The lowest BCUT2D eigenvalue weighted by atomic mass is 10.3. The van der Waals surface area contributed by atoms with Gasteiger partial charge in [-0.3, -0.25) is 4.79 Å². The Balaban J connectivity index is 1.89. The molecule has 1 heterocycles. The van der Waals surface area contributed by atoms with Gasteiger partial charge in [-0.15, -0.1) is 10.2 Å². The predicted molar refractivity (Wildman–Crippen MR) is 76.0 cm³/mol. The summed E-state index contributed by atoms with van der Waals surface area (Å²) >= 11 is 1.20. The molecule has 2 rings (SSSR count). The zero-order chi connectivity index (χ0) is 14.4. The highest BCUT2D eigenvalue weighted by Crippen LogP contribution is 2.23. The number of methoxy groups -OCH3 is 1. The number of nitrogens with one attached hydrogen (secondary N) is 1. The maximum Gasteiger partial charge on any atom is 0.277 e. The topological polar surface area (TPSA) is 77.2 Å². The number of aryl methyl sites for hydroxylation is 1. The minimum atomic E-state index is -0.157. The third-order valence-corrected chi connectivity index (χ3v) is 3.28. The number of carbonyl (C=O) groups is 1. The van der Waals surface area contributed by atoms with Crippen LogP contribution in [0, 0.1) is 0 Å². The standard InChI is InChI=1S/C13H15N3O3S/c1-3-12-15-16-13(19-12)20-8-11(17)14-9-6-4-5-7-10(9)18-2/h4-7H,3,8H2,1-2H3,(H,14,17). The summed E-state index contributed by atoms with van der Waals surface area (Å²) in [5, 5.41) is 10.9. The second-order valence-corrected chi connectivity index (χ2v) is 4.78. The van der Waals surface area contributed by atoms with Crippen LogP contribution in [-0.2, 0) is 11.2 Å². The number of amides is 1. The van der Waals surface area contributed by atoms with Gasteiger partial charge in [0.2, 0.25) is 11.8 Å². The summed E-state index contributed by atoms with van der Waals surface area (Å²) in [4.78, 5) is 11.9. The smallest absolute Gasteiger partial charge is 0.277 e. The number of hydrogen-bond acceptors (Lipinski definition) is 6. The van der Waals surface area contributed by atoms with Crippen molar-refractivity contribution in [1.82, 2.24) is 10.2 Å². The Bertz CT molecular complexity index is 586. The van der Waals surface area contributed by atoms with Crippen molar-refractivity contribution in [3.63, 3.8) is 0 Å². The maximum atomic E-state index is 11.9. The number of rotatable bonds is 6. The monoisotopic (exact) mass is 293 g/mol. The normalized spacial score (nSPS) is 10.3. The van der Waals surface area contributed by atoms with Crippen LogP contribution in [0.2, 0.25) is 0 Å². The Labute approximate surface area is 120 Å². The molecule has 0 fully saturated rings. The fraction of sp³-hybridized carbons (Fsp3) is 0.308. The van der Waals surface area contributed by atoms with E-state index < -0.39 is 0 Å². The van der Waals surface area contributed by atoms with Crippen LogP contribution in [0.25, 0.3) is 0 Å². The van der Waals surface area contributed by atoms with E-state index in [1.54, 1.807) is 19.2 Å². The largest absolute Gasteiger partial charge is 0.495 e. The van der Waals surface area contributed by atoms with E-state index in [1.165, 1.54) is 11.8 Å². The molecule has 0 bridgehead atoms. The zero-order valence-electron chi connectivity index (χ0n) is 11.3. The van der Waals surface area contributed by atoms with Crippen LogP contribution in [0.3, 0.4) is 0 Å². The van der Waals surface area contributed by atoms with Gasteiger partial charge >= 0.3 is 0 Å². The molecule has 1 aromatic carbocycles. The van der Waals surface area contributed by atoms with Gasteiger partial charge in [-0.25, -0.2) is 0 Å². The van der Waals surface area contributed by atoms with Gasteiger partial charge < -0.3 is 14.5 Å². The Morgan fingerprint density at radius 1 is 1.40 bits per heavy atom. The summed E-state index contributed by atoms with van der Waals surface area (Å²) in [6.45, 7) is 1.93. The first-order valence-electron chi connectivity index (χ1n) is 6.11. The number of anilines is 1. The molecule has 0 aliphatic rings. The summed E-state index contributed by atoms with van der Waals surface area (Å²) < 4.78 is 10.5. The summed E-state index contributed by atoms with van der Waals surface area (Å²) in [5.41, 5.74) is 0.639. The Morgan fingerprint density at radius 2 is 2.20 bits per heavy atom. The Morgan fingerprint density at radius 3 is 2.90 bits per heavy atom. The van der Waals surface area contributed by atoms with Crippen LogP contribution < -0.4 is 10.1 Å². The van der Waals surface area contributed by atoms with Crippen molar-refractivity contribution in [2.24, 2.45) is 0 Å². The number of para-hydroxylation sites is 2. The van der Waals surface area contributed by atoms with Crippen molar-refractivity contribution in [2.45, 2.75) is 18.6 Å². The molecular weight excluding hydrogens is 278 g/mol. The van der Waals surface area contributed by atoms with Crippen LogP contribution in [0.15, 0.2) is 33.9 Å². The first-order chi connectivity index (χ1) is 9.72. The van der Waals surface area contributed by atoms with Crippen molar-refractivity contribution in [2.75, 3.05) is 18.2 Å². The first-order valence-corrected chi connectivity index (χ1v) is 7.09. The minimum Gasteiger partial charge on any atom is -0.495 e. The number of carbonyl (C=O) groups excluding carboxylic acids is 1. The van der Waals surface area contributed by atoms with Crippen LogP contribution in [0.1, 0.15) is 12.8 Å². The van der Waals surface area contributed by atoms with Crippen LogP contribution in [0.4, 0.5) is 5.69 Å². The van der Waals surface area contributed by atoms with Crippen LogP contribution >= 0.6 is 11.8 Å². The number of benzene rings is 1. The van der Waals surface area contributed by atoms with E-state index in [2.05, 4.69) is 15.5 Å². The maximum absolute atomic E-state index is 11.9. The van der Waals surface area contributed by atoms with E-state index in [-0.39, 0.29) is 11.7 Å². The molecule has 0 saturated carbocycles. The third-order valence-electron chi connectivity index (χ3n) is 2.46. The molecule has 0 aliphatic heterocycles. The lowest BCUT2D eigenvalue weighted by Crippen LogP contribution is -2.14. The molecule has 2 aromatic rings. The van der Waals surface area contributed by atoms with Gasteiger partial charge in [0.15, 0.2) is 0 Å². The predicted octanol–water partition coefficient (Wildman–Crippen LogP) is 2.37. The third kappa shape index (κ3) is 3.74. The van der Waals surface area contributed by atoms with Crippen molar-refractivity contribution in [1.29, 1.82) is 0 Å². The summed E-state index contributed by atoms with van der Waals surface area (Å²) in [6, 6.07) is 7.24. The fourth-order valence-corrected chi connectivity index (χ4v) is 2.08. The molecule has 6 nitrogen and oxygen atoms in total. The van der Waals surface area contributed by atoms with Crippen molar-refractivity contribution in [3.05, 3.63) is 30.2 Å². The van der Waals surface area contributed by atoms with E-state index in [0.717, 1.165) is 0 Å². The summed E-state index contributed by atoms with van der Waals surface area (Å²) in [7, 11) is 1.56. The molecular formula is C13H15N3O3S. The SMILES string of the molecule is CCc1nnc(SCC(=O)Nc2ccccc2OC)o1. The van der Waals surface area contributed by atoms with E-state index in [1.807, 2.05) is 19.1 Å². The second-order valence-electron chi connectivity index (χ2n) is 3.85. The highest BCUT2D eigenvalue weighted by Gasteiger charge is 2.10. The fourth-order valence-electron chi connectivity index (χ4n) is 1.50. The van der Waals surface area contributed by atoms with Gasteiger partial charge in [0.05, 0.1) is 18.6 Å². The highest BCUT2D eigenvalue weighted by molar-refractivity contribution is 7.99.